The van der Waals surface area contributed by atoms with Crippen molar-refractivity contribution in [1.82, 2.24) is 14.9 Å². The first-order valence-corrected chi connectivity index (χ1v) is 8.95. The van der Waals surface area contributed by atoms with Crippen molar-refractivity contribution in [2.75, 3.05) is 12.4 Å². The number of hydrogen-bond donors (Lipinski definition) is 2. The van der Waals surface area contributed by atoms with Crippen LogP contribution in [0.25, 0.3) is 0 Å². The first-order chi connectivity index (χ1) is 10.4. The van der Waals surface area contributed by atoms with Gasteiger partial charge in [0.1, 0.15) is 0 Å². The summed E-state index contributed by atoms with van der Waals surface area (Å²) in [6.45, 7) is 6.64. The topological polar surface area (TPSA) is 67.2 Å². The normalized spacial score (nSPS) is 22.5. The fraction of sp³-hybridized carbons (Fsp3) is 0.750. The van der Waals surface area contributed by atoms with Crippen LogP contribution < -0.4 is 5.32 Å². The Bertz CT molecular complexity index is 488. The molecule has 5 nitrogen and oxygen atoms in total. The number of thioether (sulfide) groups is 1. The third-order valence-corrected chi connectivity index (χ3v) is 5.10. The molecule has 1 aliphatic carbocycles. The maximum Gasteiger partial charge on any atom is 0.230 e. The molecule has 22 heavy (non-hydrogen) atoms. The van der Waals surface area contributed by atoms with Gasteiger partial charge in [-0.3, -0.25) is 4.79 Å². The minimum atomic E-state index is -0.0298. The van der Waals surface area contributed by atoms with Gasteiger partial charge in [-0.05, 0) is 52.4 Å². The lowest BCUT2D eigenvalue weighted by Gasteiger charge is -2.28. The molecule has 0 atom stereocenters. The molecule has 0 aliphatic heterocycles. The highest BCUT2D eigenvalue weighted by Gasteiger charge is 2.22. The number of aromatic nitrogens is 2. The zero-order valence-corrected chi connectivity index (χ0v) is 14.5. The fourth-order valence-electron chi connectivity index (χ4n) is 2.80. The van der Waals surface area contributed by atoms with E-state index in [1.807, 2.05) is 6.20 Å². The molecule has 1 amide bonds. The number of hydrogen-bond acceptors (Lipinski definition) is 4. The maximum absolute atomic E-state index is 12.1. The molecule has 1 saturated carbocycles. The minimum Gasteiger partial charge on any atom is -0.396 e. The molecule has 1 aromatic heterocycles. The second-order valence-corrected chi connectivity index (χ2v) is 7.95. The number of rotatable bonds is 5. The lowest BCUT2D eigenvalue weighted by Crippen LogP contribution is -2.39. The zero-order valence-electron chi connectivity index (χ0n) is 13.7. The second kappa shape index (κ2) is 7.51. The van der Waals surface area contributed by atoms with Crippen LogP contribution in [0.15, 0.2) is 17.6 Å². The Morgan fingerprint density at radius 2 is 2.09 bits per heavy atom. The molecule has 1 heterocycles. The summed E-state index contributed by atoms with van der Waals surface area (Å²) in [6.07, 6.45) is 7.68. The average molecular weight is 325 g/mol. The molecule has 0 unspecified atom stereocenters. The lowest BCUT2D eigenvalue weighted by molar-refractivity contribution is -0.119. The standard InChI is InChI=1S/C16H27N3O2S/c1-16(2,3)19-9-8-17-15(19)22-11-14(21)18-13-6-4-12(10-20)5-7-13/h8-9,12-13,20H,4-7,10-11H2,1-3H3,(H,18,21). The summed E-state index contributed by atoms with van der Waals surface area (Å²) in [6, 6.07) is 0.262. The van der Waals surface area contributed by atoms with E-state index in [1.54, 1.807) is 6.20 Å². The maximum atomic E-state index is 12.1. The van der Waals surface area contributed by atoms with Gasteiger partial charge in [0.05, 0.1) is 5.75 Å². The van der Waals surface area contributed by atoms with Gasteiger partial charge >= 0.3 is 0 Å². The molecular weight excluding hydrogens is 298 g/mol. The van der Waals surface area contributed by atoms with E-state index in [1.165, 1.54) is 11.8 Å². The van der Waals surface area contributed by atoms with Crippen LogP contribution in [0, 0.1) is 5.92 Å². The molecule has 0 spiro atoms. The van der Waals surface area contributed by atoms with Crippen LogP contribution in [0.5, 0.6) is 0 Å². The molecule has 1 fully saturated rings. The lowest BCUT2D eigenvalue weighted by atomic mass is 9.86. The highest BCUT2D eigenvalue weighted by molar-refractivity contribution is 7.99. The summed E-state index contributed by atoms with van der Waals surface area (Å²) in [5.74, 6) is 0.884. The smallest absolute Gasteiger partial charge is 0.230 e. The van der Waals surface area contributed by atoms with E-state index < -0.39 is 0 Å². The van der Waals surface area contributed by atoms with E-state index in [-0.39, 0.29) is 24.1 Å². The second-order valence-electron chi connectivity index (χ2n) is 7.01. The van der Waals surface area contributed by atoms with Crippen molar-refractivity contribution in [3.05, 3.63) is 12.4 Å². The molecular formula is C16H27N3O2S. The number of amides is 1. The first kappa shape index (κ1) is 17.3. The third kappa shape index (κ3) is 4.74. The molecule has 1 aliphatic rings. The summed E-state index contributed by atoms with van der Waals surface area (Å²) in [4.78, 5) is 16.4. The number of nitrogens with one attached hydrogen (secondary N) is 1. The van der Waals surface area contributed by atoms with Crippen molar-refractivity contribution in [3.8, 4) is 0 Å². The molecule has 2 N–H and O–H groups in total. The Hall–Kier alpha value is -1.01. The molecule has 2 rings (SSSR count). The Morgan fingerprint density at radius 1 is 1.41 bits per heavy atom. The van der Waals surface area contributed by atoms with Crippen molar-refractivity contribution in [2.24, 2.45) is 5.92 Å². The van der Waals surface area contributed by atoms with Crippen molar-refractivity contribution >= 4 is 17.7 Å². The van der Waals surface area contributed by atoms with Gasteiger partial charge in [-0.25, -0.2) is 4.98 Å². The van der Waals surface area contributed by atoms with Crippen LogP contribution in [0.1, 0.15) is 46.5 Å². The number of imidazole rings is 1. The van der Waals surface area contributed by atoms with Crippen LogP contribution in [-0.2, 0) is 10.3 Å². The van der Waals surface area contributed by atoms with E-state index in [0.717, 1.165) is 30.8 Å². The van der Waals surface area contributed by atoms with Gasteiger partial charge in [0.25, 0.3) is 0 Å². The van der Waals surface area contributed by atoms with Crippen LogP contribution in [-0.4, -0.2) is 39.0 Å². The average Bonchev–Trinajstić information content (AvgIpc) is 2.94. The Kier molecular flexibility index (Phi) is 5.92. The molecule has 0 aromatic carbocycles. The number of nitrogens with zero attached hydrogens (tertiary/aromatic N) is 2. The van der Waals surface area contributed by atoms with E-state index in [9.17, 15) is 4.79 Å². The summed E-state index contributed by atoms with van der Waals surface area (Å²) >= 11 is 1.48. The highest BCUT2D eigenvalue weighted by Crippen LogP contribution is 2.25. The number of carbonyl (C=O) groups is 1. The summed E-state index contributed by atoms with van der Waals surface area (Å²) in [5, 5.41) is 13.1. The molecule has 6 heteroatoms. The monoisotopic (exact) mass is 325 g/mol. The van der Waals surface area contributed by atoms with Gasteiger partial charge in [-0.2, -0.15) is 0 Å². The minimum absolute atomic E-state index is 0.0298. The van der Waals surface area contributed by atoms with Crippen LogP contribution in [0.4, 0.5) is 0 Å². The molecule has 124 valence electrons. The van der Waals surface area contributed by atoms with Gasteiger partial charge in [0.15, 0.2) is 5.16 Å². The van der Waals surface area contributed by atoms with E-state index >= 15 is 0 Å². The molecule has 1 aromatic rings. The SMILES string of the molecule is CC(C)(C)n1ccnc1SCC(=O)NC1CCC(CO)CC1. The number of aliphatic hydroxyl groups excluding tert-OH is 1. The van der Waals surface area contributed by atoms with Gasteiger partial charge < -0.3 is 15.0 Å². The Morgan fingerprint density at radius 3 is 2.68 bits per heavy atom. The molecule has 0 radical (unpaired) electrons. The highest BCUT2D eigenvalue weighted by atomic mass is 32.2. The summed E-state index contributed by atoms with van der Waals surface area (Å²) in [7, 11) is 0. The third-order valence-electron chi connectivity index (χ3n) is 4.13. The van der Waals surface area contributed by atoms with Gasteiger partial charge in [-0.1, -0.05) is 11.8 Å². The van der Waals surface area contributed by atoms with Crippen molar-refractivity contribution < 1.29 is 9.90 Å². The first-order valence-electron chi connectivity index (χ1n) is 7.97. The Labute approximate surface area is 136 Å². The summed E-state index contributed by atoms with van der Waals surface area (Å²) in [5.41, 5.74) is -0.0298. The van der Waals surface area contributed by atoms with Crippen molar-refractivity contribution in [3.63, 3.8) is 0 Å². The predicted octanol–water partition coefficient (Wildman–Crippen LogP) is 2.40. The van der Waals surface area contributed by atoms with Crippen LogP contribution in [0.3, 0.4) is 0 Å². The van der Waals surface area contributed by atoms with Crippen LogP contribution in [0.2, 0.25) is 0 Å². The quantitative estimate of drug-likeness (QED) is 0.816. The largest absolute Gasteiger partial charge is 0.396 e. The Balaban J connectivity index is 1.78. The fourth-order valence-corrected chi connectivity index (χ4v) is 3.75. The summed E-state index contributed by atoms with van der Waals surface area (Å²) < 4.78 is 2.09. The van der Waals surface area contributed by atoms with Gasteiger partial charge in [-0.15, -0.1) is 0 Å². The number of aliphatic hydroxyl groups is 1. The molecule has 0 saturated heterocycles. The van der Waals surface area contributed by atoms with E-state index in [0.29, 0.717) is 11.7 Å². The van der Waals surface area contributed by atoms with Gasteiger partial charge in [0.2, 0.25) is 5.91 Å². The van der Waals surface area contributed by atoms with Crippen molar-refractivity contribution in [1.29, 1.82) is 0 Å². The zero-order chi connectivity index (χ0) is 16.2. The van der Waals surface area contributed by atoms with E-state index in [4.69, 9.17) is 5.11 Å². The van der Waals surface area contributed by atoms with E-state index in [2.05, 4.69) is 35.6 Å². The van der Waals surface area contributed by atoms with Crippen LogP contribution >= 0.6 is 11.8 Å². The van der Waals surface area contributed by atoms with Crippen molar-refractivity contribution in [2.45, 2.75) is 63.2 Å². The molecule has 0 bridgehead atoms. The van der Waals surface area contributed by atoms with Gasteiger partial charge in [0, 0.05) is 30.6 Å². The predicted molar refractivity (Wildman–Crippen MR) is 88.9 cm³/mol. The number of carbonyl (C=O) groups excluding carboxylic acids is 1.